The number of phenolic OH excluding ortho intramolecular Hbond substituents is 2. The number of benzene rings is 1. The summed E-state index contributed by atoms with van der Waals surface area (Å²) in [4.78, 5) is 36.0. The van der Waals surface area contributed by atoms with Gasteiger partial charge >= 0.3 is 0 Å². The number of carbonyl (C=O) groups excluding carboxylic acids is 3. The van der Waals surface area contributed by atoms with E-state index in [4.69, 9.17) is 5.73 Å². The zero-order chi connectivity index (χ0) is 17.1. The molecule has 0 aromatic heterocycles. The number of piperidine rings is 1. The van der Waals surface area contributed by atoms with Crippen molar-refractivity contribution >= 4 is 23.4 Å². The second-order valence-electron chi connectivity index (χ2n) is 5.36. The Kier molecular flexibility index (Phi) is 2.99. The van der Waals surface area contributed by atoms with E-state index >= 15 is 0 Å². The molecule has 0 saturated carbocycles. The highest BCUT2D eigenvalue weighted by atomic mass is 16.5. The zero-order valence-electron chi connectivity index (χ0n) is 11.6. The molecule has 2 heterocycles. The summed E-state index contributed by atoms with van der Waals surface area (Å²) in [7, 11) is 0. The van der Waals surface area contributed by atoms with Gasteiger partial charge in [0.1, 0.15) is 6.04 Å². The largest absolute Gasteiger partial charge is 0.504 e. The molecule has 3 rings (SSSR count). The number of phenols is 2. The van der Waals surface area contributed by atoms with E-state index in [-0.39, 0.29) is 18.4 Å². The predicted octanol–water partition coefficient (Wildman–Crippen LogP) is -1.96. The number of carbonyl (C=O) groups is 3. The van der Waals surface area contributed by atoms with Crippen molar-refractivity contribution in [3.63, 3.8) is 0 Å². The highest BCUT2D eigenvalue weighted by molar-refractivity contribution is 6.07. The Labute approximate surface area is 128 Å². The van der Waals surface area contributed by atoms with Gasteiger partial charge in [0, 0.05) is 6.42 Å². The summed E-state index contributed by atoms with van der Waals surface area (Å²) in [5.74, 6) is -6.86. The monoisotopic (exact) mass is 323 g/mol. The molecule has 1 aromatic rings. The van der Waals surface area contributed by atoms with Crippen LogP contribution in [0.5, 0.6) is 11.5 Å². The van der Waals surface area contributed by atoms with E-state index in [1.165, 1.54) is 0 Å². The lowest BCUT2D eigenvalue weighted by molar-refractivity contribution is -0.258. The molecule has 0 spiro atoms. The molecule has 10 nitrogen and oxygen atoms in total. The maximum atomic E-state index is 12.4. The van der Waals surface area contributed by atoms with Crippen LogP contribution in [0.3, 0.4) is 0 Å². The molecule has 3 amide bonds. The summed E-state index contributed by atoms with van der Waals surface area (Å²) in [6, 6.07) is -0.484. The van der Waals surface area contributed by atoms with E-state index in [9.17, 15) is 34.8 Å². The first-order chi connectivity index (χ1) is 10.7. The van der Waals surface area contributed by atoms with Gasteiger partial charge in [-0.1, -0.05) is 0 Å². The number of aliphatic hydroxyl groups is 2. The fourth-order valence-corrected chi connectivity index (χ4v) is 2.89. The van der Waals surface area contributed by atoms with Crippen LogP contribution in [0, 0.1) is 0 Å². The molecule has 1 saturated heterocycles. The number of hydrogen-bond acceptors (Lipinski definition) is 8. The van der Waals surface area contributed by atoms with Crippen LogP contribution >= 0.6 is 0 Å². The molecule has 1 atom stereocenters. The molecule has 1 unspecified atom stereocenters. The lowest BCUT2D eigenvalue weighted by Crippen LogP contribution is -2.58. The number of nitrogens with zero attached hydrogens (tertiary/aromatic N) is 1. The summed E-state index contributed by atoms with van der Waals surface area (Å²) in [5.41, 5.74) is 4.09. The molecule has 7 N–H and O–H groups in total. The second kappa shape index (κ2) is 4.57. The third kappa shape index (κ3) is 1.92. The van der Waals surface area contributed by atoms with Crippen molar-refractivity contribution in [3.05, 3.63) is 17.2 Å². The fraction of sp³-hybridized carbons (Fsp3) is 0.308. The van der Waals surface area contributed by atoms with Crippen LogP contribution in [0.15, 0.2) is 6.07 Å². The van der Waals surface area contributed by atoms with Crippen LogP contribution in [-0.4, -0.2) is 49.1 Å². The normalized spacial score (nSPS) is 23.0. The Morgan fingerprint density at radius 1 is 1.26 bits per heavy atom. The van der Waals surface area contributed by atoms with Gasteiger partial charge in [-0.3, -0.25) is 24.6 Å². The van der Waals surface area contributed by atoms with Crippen LogP contribution in [0.1, 0.15) is 28.8 Å². The first-order valence-corrected chi connectivity index (χ1v) is 6.63. The van der Waals surface area contributed by atoms with Gasteiger partial charge in [-0.25, -0.2) is 0 Å². The Morgan fingerprint density at radius 2 is 1.91 bits per heavy atom. The smallest absolute Gasteiger partial charge is 0.281 e. The van der Waals surface area contributed by atoms with Crippen molar-refractivity contribution in [2.75, 3.05) is 5.73 Å². The highest BCUT2D eigenvalue weighted by Crippen LogP contribution is 2.47. The van der Waals surface area contributed by atoms with Gasteiger partial charge in [-0.05, 0) is 12.5 Å². The number of nitrogens with one attached hydrogen (secondary N) is 1. The number of aromatic hydroxyl groups is 2. The Morgan fingerprint density at radius 3 is 2.52 bits per heavy atom. The van der Waals surface area contributed by atoms with Gasteiger partial charge in [0.05, 0.1) is 16.8 Å². The van der Waals surface area contributed by atoms with E-state index < -0.39 is 52.4 Å². The average Bonchev–Trinajstić information content (AvgIpc) is 2.64. The zero-order valence-corrected chi connectivity index (χ0v) is 11.6. The third-order valence-electron chi connectivity index (χ3n) is 3.96. The van der Waals surface area contributed by atoms with E-state index in [1.54, 1.807) is 0 Å². The first kappa shape index (κ1) is 15.1. The number of anilines is 1. The van der Waals surface area contributed by atoms with Crippen molar-refractivity contribution in [1.29, 1.82) is 0 Å². The summed E-state index contributed by atoms with van der Waals surface area (Å²) in [6.45, 7) is 0. The minimum Gasteiger partial charge on any atom is -0.504 e. The first-order valence-electron chi connectivity index (χ1n) is 6.63. The summed E-state index contributed by atoms with van der Waals surface area (Å²) >= 11 is 0. The molecular formula is C13H13N3O7. The van der Waals surface area contributed by atoms with Crippen molar-refractivity contribution in [2.45, 2.75) is 24.8 Å². The van der Waals surface area contributed by atoms with Gasteiger partial charge in [0.15, 0.2) is 11.5 Å². The van der Waals surface area contributed by atoms with Crippen molar-refractivity contribution < 1.29 is 34.8 Å². The maximum Gasteiger partial charge on any atom is 0.281 e. The Bertz CT molecular complexity index is 758. The molecule has 122 valence electrons. The molecule has 10 heteroatoms. The molecule has 1 fully saturated rings. The average molecular weight is 323 g/mol. The van der Waals surface area contributed by atoms with Gasteiger partial charge in [-0.15, -0.1) is 0 Å². The van der Waals surface area contributed by atoms with E-state index in [2.05, 4.69) is 0 Å². The van der Waals surface area contributed by atoms with Crippen molar-refractivity contribution in [3.8, 4) is 11.5 Å². The number of nitrogens with two attached hydrogens (primary N) is 1. The van der Waals surface area contributed by atoms with Gasteiger partial charge in [-0.2, -0.15) is 0 Å². The van der Waals surface area contributed by atoms with Crippen LogP contribution in [0.4, 0.5) is 5.69 Å². The number of amides is 3. The minimum absolute atomic E-state index is 0.0847. The molecule has 0 aliphatic carbocycles. The number of hydrogen-bond donors (Lipinski definition) is 6. The van der Waals surface area contributed by atoms with E-state index in [0.717, 1.165) is 6.07 Å². The topological polar surface area (TPSA) is 173 Å². The summed E-state index contributed by atoms with van der Waals surface area (Å²) in [5, 5.41) is 41.8. The number of fused-ring (bicyclic) bond motifs is 1. The molecular weight excluding hydrogens is 310 g/mol. The standard InChI is InChI=1S/C13H13N3O7/c14-9-8-4(3-6(17)10(9)19)12(21)16(13(8,22)23)5-1-2-7(18)15-11(5)20/h3,5,17,19,22-23H,1-2,14H2,(H,15,18,20). The lowest BCUT2D eigenvalue weighted by atomic mass is 10.0. The fourth-order valence-electron chi connectivity index (χ4n) is 2.89. The van der Waals surface area contributed by atoms with Crippen LogP contribution in [0.2, 0.25) is 0 Å². The predicted molar refractivity (Wildman–Crippen MR) is 72.6 cm³/mol. The van der Waals surface area contributed by atoms with E-state index in [0.29, 0.717) is 4.90 Å². The molecule has 0 radical (unpaired) electrons. The summed E-state index contributed by atoms with van der Waals surface area (Å²) in [6.07, 6.45) is -0.191. The second-order valence-corrected chi connectivity index (χ2v) is 5.36. The highest BCUT2D eigenvalue weighted by Gasteiger charge is 2.55. The van der Waals surface area contributed by atoms with Gasteiger partial charge < -0.3 is 26.2 Å². The number of nitrogen functional groups attached to an aromatic ring is 1. The van der Waals surface area contributed by atoms with Crippen molar-refractivity contribution in [1.82, 2.24) is 10.2 Å². The third-order valence-corrected chi connectivity index (χ3v) is 3.96. The summed E-state index contributed by atoms with van der Waals surface area (Å²) < 4.78 is 0. The molecule has 0 bridgehead atoms. The molecule has 2 aliphatic heterocycles. The molecule has 23 heavy (non-hydrogen) atoms. The maximum absolute atomic E-state index is 12.4. The van der Waals surface area contributed by atoms with Crippen LogP contribution in [-0.2, 0) is 15.5 Å². The number of rotatable bonds is 1. The Hall–Kier alpha value is -2.85. The number of imide groups is 1. The van der Waals surface area contributed by atoms with Gasteiger partial charge in [0.25, 0.3) is 11.8 Å². The van der Waals surface area contributed by atoms with Crippen LogP contribution in [0.25, 0.3) is 0 Å². The molecule has 1 aromatic carbocycles. The lowest BCUT2D eigenvalue weighted by Gasteiger charge is -2.36. The Balaban J connectivity index is 2.12. The quantitative estimate of drug-likeness (QED) is 0.149. The van der Waals surface area contributed by atoms with Gasteiger partial charge in [0.2, 0.25) is 11.8 Å². The van der Waals surface area contributed by atoms with Crippen LogP contribution < -0.4 is 11.1 Å². The SMILES string of the molecule is Nc1c(O)c(O)cc2c1C(O)(O)N(C1CCC(=O)NC1=O)C2=O. The van der Waals surface area contributed by atoms with E-state index in [1.807, 2.05) is 5.32 Å². The van der Waals surface area contributed by atoms with Crippen molar-refractivity contribution in [2.24, 2.45) is 0 Å². The molecule has 2 aliphatic rings. The minimum atomic E-state index is -2.97.